The molecule has 0 aromatic heterocycles. The van der Waals surface area contributed by atoms with E-state index in [1.54, 1.807) is 0 Å². The van der Waals surface area contributed by atoms with E-state index in [0.717, 1.165) is 25.1 Å². The van der Waals surface area contributed by atoms with Crippen molar-refractivity contribution in [2.24, 2.45) is 0 Å². The number of nitrogens with zero attached hydrogens (tertiary/aromatic N) is 1. The van der Waals surface area contributed by atoms with E-state index in [9.17, 15) is 4.79 Å². The van der Waals surface area contributed by atoms with Crippen LogP contribution in [0, 0.1) is 0 Å². The Hall–Kier alpha value is -0.830. The van der Waals surface area contributed by atoms with E-state index in [1.165, 1.54) is 0 Å². The molecular formula is C10H18N2O. The van der Waals surface area contributed by atoms with Crippen LogP contribution in [0.4, 0.5) is 0 Å². The molecule has 1 amide bonds. The van der Waals surface area contributed by atoms with Gasteiger partial charge in [-0.25, -0.2) is 0 Å². The normalized spacial score (nSPS) is 22.5. The standard InChI is InChI=1S/C10H18N2O/c1-4-11-9-5-6-12(10(9)13)7-8(2)3/h9,11H,2,4-7H2,1,3H3. The number of carbonyl (C=O) groups excluding carboxylic acids is 1. The fourth-order valence-corrected chi connectivity index (χ4v) is 1.66. The summed E-state index contributed by atoms with van der Waals surface area (Å²) in [5, 5.41) is 3.18. The maximum absolute atomic E-state index is 11.7. The van der Waals surface area contributed by atoms with E-state index in [2.05, 4.69) is 11.9 Å². The summed E-state index contributed by atoms with van der Waals surface area (Å²) in [5.41, 5.74) is 1.05. The van der Waals surface area contributed by atoms with Crippen molar-refractivity contribution < 1.29 is 4.79 Å². The second-order valence-electron chi connectivity index (χ2n) is 3.62. The minimum absolute atomic E-state index is 0.0457. The van der Waals surface area contributed by atoms with Gasteiger partial charge in [-0.2, -0.15) is 0 Å². The van der Waals surface area contributed by atoms with Gasteiger partial charge in [0.15, 0.2) is 0 Å². The lowest BCUT2D eigenvalue weighted by atomic mass is 10.2. The summed E-state index contributed by atoms with van der Waals surface area (Å²) < 4.78 is 0. The topological polar surface area (TPSA) is 32.3 Å². The first-order valence-electron chi connectivity index (χ1n) is 4.81. The van der Waals surface area contributed by atoms with Gasteiger partial charge in [0.2, 0.25) is 5.91 Å². The first-order valence-corrected chi connectivity index (χ1v) is 4.81. The van der Waals surface area contributed by atoms with Crippen molar-refractivity contribution in [1.82, 2.24) is 10.2 Å². The number of nitrogens with one attached hydrogen (secondary N) is 1. The number of rotatable bonds is 4. The van der Waals surface area contributed by atoms with Crippen LogP contribution >= 0.6 is 0 Å². The lowest BCUT2D eigenvalue weighted by molar-refractivity contribution is -0.129. The SMILES string of the molecule is C=C(C)CN1CCC(NCC)C1=O. The number of amides is 1. The first-order chi connectivity index (χ1) is 6.15. The van der Waals surface area contributed by atoms with Crippen molar-refractivity contribution in [2.45, 2.75) is 26.3 Å². The molecule has 1 unspecified atom stereocenters. The summed E-state index contributed by atoms with van der Waals surface area (Å²) in [5.74, 6) is 0.227. The molecular weight excluding hydrogens is 164 g/mol. The molecule has 1 fully saturated rings. The van der Waals surface area contributed by atoms with Crippen LogP contribution in [-0.4, -0.2) is 36.5 Å². The van der Waals surface area contributed by atoms with Crippen LogP contribution in [0.1, 0.15) is 20.3 Å². The van der Waals surface area contributed by atoms with Crippen LogP contribution in [0.2, 0.25) is 0 Å². The van der Waals surface area contributed by atoms with Crippen molar-refractivity contribution in [2.75, 3.05) is 19.6 Å². The highest BCUT2D eigenvalue weighted by molar-refractivity contribution is 5.84. The summed E-state index contributed by atoms with van der Waals surface area (Å²) in [6.07, 6.45) is 0.931. The Kier molecular flexibility index (Phi) is 3.48. The van der Waals surface area contributed by atoms with Gasteiger partial charge in [-0.3, -0.25) is 4.79 Å². The second kappa shape index (κ2) is 4.42. The molecule has 3 heteroatoms. The Balaban J connectivity index is 2.45. The highest BCUT2D eigenvalue weighted by Gasteiger charge is 2.30. The molecule has 0 spiro atoms. The average Bonchev–Trinajstić information content (AvgIpc) is 2.36. The van der Waals surface area contributed by atoms with Crippen LogP contribution in [0.5, 0.6) is 0 Å². The van der Waals surface area contributed by atoms with E-state index in [0.29, 0.717) is 6.54 Å². The smallest absolute Gasteiger partial charge is 0.240 e. The third-order valence-corrected chi connectivity index (χ3v) is 2.21. The molecule has 0 aromatic rings. The zero-order chi connectivity index (χ0) is 9.84. The van der Waals surface area contributed by atoms with E-state index < -0.39 is 0 Å². The highest BCUT2D eigenvalue weighted by atomic mass is 16.2. The fraction of sp³-hybridized carbons (Fsp3) is 0.700. The van der Waals surface area contributed by atoms with Gasteiger partial charge in [-0.1, -0.05) is 19.1 Å². The molecule has 1 heterocycles. The molecule has 1 aliphatic rings. The Labute approximate surface area is 79.8 Å². The van der Waals surface area contributed by atoms with Gasteiger partial charge < -0.3 is 10.2 Å². The van der Waals surface area contributed by atoms with Crippen LogP contribution in [0.3, 0.4) is 0 Å². The molecule has 0 saturated carbocycles. The Bertz CT molecular complexity index is 213. The number of hydrogen-bond acceptors (Lipinski definition) is 2. The van der Waals surface area contributed by atoms with Gasteiger partial charge in [0.1, 0.15) is 0 Å². The van der Waals surface area contributed by atoms with Gasteiger partial charge in [0.05, 0.1) is 6.04 Å². The Morgan fingerprint density at radius 3 is 3.00 bits per heavy atom. The minimum atomic E-state index is 0.0457. The van der Waals surface area contributed by atoms with Gasteiger partial charge in [-0.15, -0.1) is 0 Å². The molecule has 3 nitrogen and oxygen atoms in total. The molecule has 1 atom stereocenters. The maximum atomic E-state index is 11.7. The Morgan fingerprint density at radius 2 is 2.46 bits per heavy atom. The molecule has 74 valence electrons. The second-order valence-corrected chi connectivity index (χ2v) is 3.62. The predicted octanol–water partition coefficient (Wildman–Crippen LogP) is 0.773. The maximum Gasteiger partial charge on any atom is 0.240 e. The van der Waals surface area contributed by atoms with Gasteiger partial charge in [0, 0.05) is 13.1 Å². The lowest BCUT2D eigenvalue weighted by Gasteiger charge is -2.16. The van der Waals surface area contributed by atoms with Crippen molar-refractivity contribution in [3.63, 3.8) is 0 Å². The third kappa shape index (κ3) is 2.56. The Morgan fingerprint density at radius 1 is 1.77 bits per heavy atom. The number of likely N-dealkylation sites (tertiary alicyclic amines) is 1. The van der Waals surface area contributed by atoms with Crippen LogP contribution in [0.15, 0.2) is 12.2 Å². The number of carbonyl (C=O) groups is 1. The highest BCUT2D eigenvalue weighted by Crippen LogP contribution is 2.12. The summed E-state index contributed by atoms with van der Waals surface area (Å²) in [4.78, 5) is 13.5. The molecule has 1 aliphatic heterocycles. The summed E-state index contributed by atoms with van der Waals surface area (Å²) in [6, 6.07) is 0.0457. The third-order valence-electron chi connectivity index (χ3n) is 2.21. The van der Waals surface area contributed by atoms with Gasteiger partial charge >= 0.3 is 0 Å². The zero-order valence-corrected chi connectivity index (χ0v) is 8.47. The monoisotopic (exact) mass is 182 g/mol. The van der Waals surface area contributed by atoms with Crippen molar-refractivity contribution in [3.8, 4) is 0 Å². The summed E-state index contributed by atoms with van der Waals surface area (Å²) in [6.45, 7) is 10.2. The van der Waals surface area contributed by atoms with E-state index in [4.69, 9.17) is 0 Å². The van der Waals surface area contributed by atoms with E-state index in [1.807, 2.05) is 18.7 Å². The van der Waals surface area contributed by atoms with Gasteiger partial charge in [0.25, 0.3) is 0 Å². The van der Waals surface area contributed by atoms with Crippen LogP contribution < -0.4 is 5.32 Å². The molecule has 1 N–H and O–H groups in total. The van der Waals surface area contributed by atoms with E-state index in [-0.39, 0.29) is 11.9 Å². The summed E-state index contributed by atoms with van der Waals surface area (Å²) >= 11 is 0. The first kappa shape index (κ1) is 10.3. The molecule has 0 aliphatic carbocycles. The summed E-state index contributed by atoms with van der Waals surface area (Å²) in [7, 11) is 0. The molecule has 1 rings (SSSR count). The van der Waals surface area contributed by atoms with Crippen molar-refractivity contribution >= 4 is 5.91 Å². The fourth-order valence-electron chi connectivity index (χ4n) is 1.66. The zero-order valence-electron chi connectivity index (χ0n) is 8.47. The van der Waals surface area contributed by atoms with Crippen molar-refractivity contribution in [3.05, 3.63) is 12.2 Å². The predicted molar refractivity (Wildman–Crippen MR) is 53.5 cm³/mol. The number of likely N-dealkylation sites (N-methyl/N-ethyl adjacent to an activating group) is 1. The lowest BCUT2D eigenvalue weighted by Crippen LogP contribution is -2.38. The molecule has 0 radical (unpaired) electrons. The van der Waals surface area contributed by atoms with Crippen molar-refractivity contribution in [1.29, 1.82) is 0 Å². The molecule has 0 bridgehead atoms. The average molecular weight is 182 g/mol. The quantitative estimate of drug-likeness (QED) is 0.651. The van der Waals surface area contributed by atoms with Crippen LogP contribution in [0.25, 0.3) is 0 Å². The number of hydrogen-bond donors (Lipinski definition) is 1. The molecule has 0 aromatic carbocycles. The largest absolute Gasteiger partial charge is 0.337 e. The van der Waals surface area contributed by atoms with Gasteiger partial charge in [-0.05, 0) is 19.9 Å². The van der Waals surface area contributed by atoms with Crippen LogP contribution in [-0.2, 0) is 4.79 Å². The molecule has 1 saturated heterocycles. The molecule has 13 heavy (non-hydrogen) atoms. The minimum Gasteiger partial charge on any atom is -0.337 e. The van der Waals surface area contributed by atoms with E-state index >= 15 is 0 Å².